The van der Waals surface area contributed by atoms with E-state index in [1.54, 1.807) is 55.6 Å². The maximum absolute atomic E-state index is 12.8. The molecule has 0 radical (unpaired) electrons. The molecular weight excluding hydrogens is 412 g/mol. The highest BCUT2D eigenvalue weighted by atomic mass is 35.5. The van der Waals surface area contributed by atoms with E-state index in [4.69, 9.17) is 16.3 Å². The fraction of sp³-hybridized carbons (Fsp3) is 0.0952. The lowest BCUT2D eigenvalue weighted by molar-refractivity contribution is 0.102. The Labute approximate surface area is 174 Å². The molecule has 3 aromatic carbocycles. The third-order valence-corrected chi connectivity index (χ3v) is 6.44. The van der Waals surface area contributed by atoms with Crippen LogP contribution in [-0.4, -0.2) is 28.5 Å². The van der Waals surface area contributed by atoms with Gasteiger partial charge < -0.3 is 10.1 Å². The van der Waals surface area contributed by atoms with Gasteiger partial charge in [-0.25, -0.2) is 8.42 Å². The number of carbonyl (C=O) groups excluding carboxylic acids is 1. The van der Waals surface area contributed by atoms with Gasteiger partial charge in [-0.3, -0.25) is 9.10 Å². The van der Waals surface area contributed by atoms with Crippen LogP contribution >= 0.6 is 11.6 Å². The number of methoxy groups -OCH3 is 1. The van der Waals surface area contributed by atoms with Crippen LogP contribution in [0.4, 0.5) is 11.4 Å². The fourth-order valence-electron chi connectivity index (χ4n) is 2.65. The van der Waals surface area contributed by atoms with Crippen molar-refractivity contribution in [3.8, 4) is 5.75 Å². The fourth-order valence-corrected chi connectivity index (χ4v) is 4.06. The molecule has 6 nitrogen and oxygen atoms in total. The number of halogens is 1. The van der Waals surface area contributed by atoms with Gasteiger partial charge >= 0.3 is 0 Å². The molecule has 150 valence electrons. The number of nitrogens with zero attached hydrogens (tertiary/aromatic N) is 1. The molecule has 0 bridgehead atoms. The van der Waals surface area contributed by atoms with Crippen LogP contribution in [0.3, 0.4) is 0 Å². The summed E-state index contributed by atoms with van der Waals surface area (Å²) in [6.07, 6.45) is 0. The van der Waals surface area contributed by atoms with E-state index in [0.717, 1.165) is 4.31 Å². The second-order valence-electron chi connectivity index (χ2n) is 6.13. The summed E-state index contributed by atoms with van der Waals surface area (Å²) < 4.78 is 31.9. The van der Waals surface area contributed by atoms with Gasteiger partial charge in [-0.2, -0.15) is 0 Å². The molecule has 0 saturated carbocycles. The van der Waals surface area contributed by atoms with Crippen LogP contribution in [0, 0.1) is 0 Å². The zero-order valence-corrected chi connectivity index (χ0v) is 17.4. The van der Waals surface area contributed by atoms with Gasteiger partial charge in [-0.15, -0.1) is 0 Å². The monoisotopic (exact) mass is 430 g/mol. The van der Waals surface area contributed by atoms with Gasteiger partial charge in [0.15, 0.2) is 0 Å². The predicted octanol–water partition coefficient (Wildman–Crippen LogP) is 4.43. The molecule has 0 aliphatic rings. The maximum atomic E-state index is 12.8. The quantitative estimate of drug-likeness (QED) is 0.627. The Morgan fingerprint density at radius 3 is 2.28 bits per heavy atom. The minimum absolute atomic E-state index is 0.154. The highest BCUT2D eigenvalue weighted by molar-refractivity contribution is 7.92. The van der Waals surface area contributed by atoms with Crippen LogP contribution in [0.25, 0.3) is 0 Å². The van der Waals surface area contributed by atoms with Crippen molar-refractivity contribution in [3.05, 3.63) is 83.4 Å². The number of hydrogen-bond donors (Lipinski definition) is 1. The second-order valence-corrected chi connectivity index (χ2v) is 8.51. The Morgan fingerprint density at radius 1 is 1.00 bits per heavy atom. The molecule has 0 aliphatic carbocycles. The molecule has 0 unspecified atom stereocenters. The van der Waals surface area contributed by atoms with Crippen LogP contribution in [0.5, 0.6) is 5.75 Å². The first-order valence-electron chi connectivity index (χ1n) is 8.62. The number of rotatable bonds is 6. The minimum Gasteiger partial charge on any atom is -0.497 e. The summed E-state index contributed by atoms with van der Waals surface area (Å²) in [5, 5.41) is 2.95. The van der Waals surface area contributed by atoms with Gasteiger partial charge in [0, 0.05) is 12.7 Å². The Hall–Kier alpha value is -3.03. The average Bonchev–Trinajstić information content (AvgIpc) is 2.74. The van der Waals surface area contributed by atoms with E-state index >= 15 is 0 Å². The summed E-state index contributed by atoms with van der Waals surface area (Å²) in [6, 6.07) is 19.4. The molecular formula is C21H19ClN2O4S. The topological polar surface area (TPSA) is 75.7 Å². The van der Waals surface area contributed by atoms with Gasteiger partial charge in [0.2, 0.25) is 0 Å². The van der Waals surface area contributed by atoms with E-state index in [9.17, 15) is 13.2 Å². The number of sulfonamides is 1. The summed E-state index contributed by atoms with van der Waals surface area (Å²) in [5.41, 5.74) is 1.04. The van der Waals surface area contributed by atoms with E-state index in [0.29, 0.717) is 17.1 Å². The molecule has 3 rings (SSSR count). The van der Waals surface area contributed by atoms with Crippen LogP contribution < -0.4 is 14.4 Å². The Kier molecular flexibility index (Phi) is 6.10. The number of ether oxygens (including phenoxy) is 1. The second kappa shape index (κ2) is 8.55. The van der Waals surface area contributed by atoms with Crippen LogP contribution in [-0.2, 0) is 10.0 Å². The minimum atomic E-state index is -3.77. The van der Waals surface area contributed by atoms with E-state index in [-0.39, 0.29) is 15.5 Å². The number of amides is 1. The molecule has 3 aromatic rings. The lowest BCUT2D eigenvalue weighted by atomic mass is 10.1. The first kappa shape index (κ1) is 20.7. The summed E-state index contributed by atoms with van der Waals surface area (Å²) in [5.74, 6) is 0.211. The van der Waals surface area contributed by atoms with E-state index in [1.807, 2.05) is 0 Å². The standard InChI is InChI=1S/C21H19ClN2O4S/c1-24(29(26,27)18-6-4-3-5-7-18)16-10-13-20(22)19(14-16)21(25)23-15-8-11-17(28-2)12-9-15/h3-14H,1-2H3,(H,23,25). The summed E-state index contributed by atoms with van der Waals surface area (Å²) in [4.78, 5) is 12.8. The van der Waals surface area contributed by atoms with Crippen molar-refractivity contribution >= 4 is 38.9 Å². The normalized spacial score (nSPS) is 11.0. The summed E-state index contributed by atoms with van der Waals surface area (Å²) in [7, 11) is -0.788. The first-order chi connectivity index (χ1) is 13.8. The van der Waals surface area contributed by atoms with Crippen molar-refractivity contribution in [3.63, 3.8) is 0 Å². The largest absolute Gasteiger partial charge is 0.497 e. The zero-order chi connectivity index (χ0) is 21.0. The molecule has 0 fully saturated rings. The smallest absolute Gasteiger partial charge is 0.264 e. The molecule has 0 heterocycles. The van der Waals surface area contributed by atoms with Gasteiger partial charge in [0.05, 0.1) is 28.3 Å². The molecule has 0 saturated heterocycles. The third-order valence-electron chi connectivity index (χ3n) is 4.31. The van der Waals surface area contributed by atoms with Gasteiger partial charge in [-0.1, -0.05) is 29.8 Å². The Bertz CT molecular complexity index is 1120. The van der Waals surface area contributed by atoms with Crippen LogP contribution in [0.2, 0.25) is 5.02 Å². The number of anilines is 2. The SMILES string of the molecule is COc1ccc(NC(=O)c2cc(N(C)S(=O)(=O)c3ccccc3)ccc2Cl)cc1. The van der Waals surface area contributed by atoms with Crippen molar-refractivity contribution in [2.45, 2.75) is 4.90 Å². The Morgan fingerprint density at radius 2 is 1.66 bits per heavy atom. The summed E-state index contributed by atoms with van der Waals surface area (Å²) >= 11 is 6.19. The highest BCUT2D eigenvalue weighted by Crippen LogP contribution is 2.27. The van der Waals surface area contributed by atoms with Crippen molar-refractivity contribution in [2.24, 2.45) is 0 Å². The van der Waals surface area contributed by atoms with Crippen molar-refractivity contribution in [1.29, 1.82) is 0 Å². The van der Waals surface area contributed by atoms with Crippen molar-refractivity contribution in [1.82, 2.24) is 0 Å². The Balaban J connectivity index is 1.88. The van der Waals surface area contributed by atoms with E-state index in [1.165, 1.54) is 31.3 Å². The zero-order valence-electron chi connectivity index (χ0n) is 15.8. The van der Waals surface area contributed by atoms with Crippen molar-refractivity contribution in [2.75, 3.05) is 23.8 Å². The molecule has 29 heavy (non-hydrogen) atoms. The van der Waals surface area contributed by atoms with E-state index < -0.39 is 15.9 Å². The number of benzene rings is 3. The van der Waals surface area contributed by atoms with Crippen molar-refractivity contribution < 1.29 is 17.9 Å². The molecule has 0 aliphatic heterocycles. The molecule has 0 atom stereocenters. The molecule has 0 aromatic heterocycles. The predicted molar refractivity (Wildman–Crippen MR) is 114 cm³/mol. The molecule has 1 N–H and O–H groups in total. The summed E-state index contributed by atoms with van der Waals surface area (Å²) in [6.45, 7) is 0. The molecule has 8 heteroatoms. The van der Waals surface area contributed by atoms with Gasteiger partial charge in [0.1, 0.15) is 5.75 Å². The molecule has 0 spiro atoms. The molecule has 1 amide bonds. The third kappa shape index (κ3) is 4.52. The number of nitrogens with one attached hydrogen (secondary N) is 1. The van der Waals surface area contributed by atoms with Crippen LogP contribution in [0.1, 0.15) is 10.4 Å². The average molecular weight is 431 g/mol. The number of hydrogen-bond acceptors (Lipinski definition) is 4. The maximum Gasteiger partial charge on any atom is 0.264 e. The first-order valence-corrected chi connectivity index (χ1v) is 10.4. The van der Waals surface area contributed by atoms with Gasteiger partial charge in [0.25, 0.3) is 15.9 Å². The number of carbonyl (C=O) groups is 1. The van der Waals surface area contributed by atoms with Gasteiger partial charge in [-0.05, 0) is 54.6 Å². The van der Waals surface area contributed by atoms with Crippen LogP contribution in [0.15, 0.2) is 77.7 Å². The highest BCUT2D eigenvalue weighted by Gasteiger charge is 2.22. The lowest BCUT2D eigenvalue weighted by Gasteiger charge is -2.20. The lowest BCUT2D eigenvalue weighted by Crippen LogP contribution is -2.27. The van der Waals surface area contributed by atoms with E-state index in [2.05, 4.69) is 5.32 Å².